The molecule has 0 radical (unpaired) electrons. The van der Waals surface area contributed by atoms with Crippen LogP contribution in [0.3, 0.4) is 0 Å². The number of pyridine rings is 1. The number of thiophene rings is 1. The van der Waals surface area contributed by atoms with E-state index in [9.17, 15) is 9.59 Å². The summed E-state index contributed by atoms with van der Waals surface area (Å²) in [6, 6.07) is 9.62. The summed E-state index contributed by atoms with van der Waals surface area (Å²) in [7, 11) is 0. The average molecular weight is 481 g/mol. The maximum atomic E-state index is 13.4. The lowest BCUT2D eigenvalue weighted by Gasteiger charge is -2.15. The molecule has 1 fully saturated rings. The van der Waals surface area contributed by atoms with Crippen LogP contribution >= 0.6 is 23.1 Å². The van der Waals surface area contributed by atoms with E-state index in [1.807, 2.05) is 44.2 Å². The summed E-state index contributed by atoms with van der Waals surface area (Å²) in [6.07, 6.45) is 3.60. The number of benzene rings is 1. The SMILES string of the molecule is Cc1ccc(NC(=O)CSc2nc3c(sc4ncccc43)c(=O)n2C[C@@H]2CCCO2)cc1C. The predicted molar refractivity (Wildman–Crippen MR) is 133 cm³/mol. The fraction of sp³-hybridized carbons (Fsp3) is 0.333. The molecule has 1 aliphatic rings. The molecule has 0 unspecified atom stereocenters. The van der Waals surface area contributed by atoms with Gasteiger partial charge >= 0.3 is 0 Å². The molecule has 33 heavy (non-hydrogen) atoms. The van der Waals surface area contributed by atoms with Crippen molar-refractivity contribution < 1.29 is 9.53 Å². The number of rotatable bonds is 6. The van der Waals surface area contributed by atoms with Crippen LogP contribution in [0.2, 0.25) is 0 Å². The summed E-state index contributed by atoms with van der Waals surface area (Å²) in [5.74, 6) is 0.00888. The summed E-state index contributed by atoms with van der Waals surface area (Å²) in [4.78, 5) is 36.1. The highest BCUT2D eigenvalue weighted by Gasteiger charge is 2.22. The zero-order chi connectivity index (χ0) is 22.9. The van der Waals surface area contributed by atoms with Gasteiger partial charge in [-0.05, 0) is 62.1 Å². The molecule has 0 saturated carbocycles. The lowest BCUT2D eigenvalue weighted by atomic mass is 10.1. The van der Waals surface area contributed by atoms with Crippen LogP contribution in [-0.2, 0) is 16.1 Å². The Morgan fingerprint density at radius 1 is 1.30 bits per heavy atom. The molecule has 1 aromatic carbocycles. The standard InChI is InChI=1S/C24H24N4O3S2/c1-14-7-8-16(11-15(14)2)26-19(29)13-32-24-27-20-18-6-3-9-25-22(18)33-21(20)23(30)28(24)12-17-5-4-10-31-17/h3,6-9,11,17H,4-5,10,12-13H2,1-2H3,(H,26,29)/t17-/m0/s1. The fourth-order valence-corrected chi connectivity index (χ4v) is 5.78. The zero-order valence-electron chi connectivity index (χ0n) is 18.5. The van der Waals surface area contributed by atoms with Crippen LogP contribution < -0.4 is 10.9 Å². The molecule has 9 heteroatoms. The second-order valence-corrected chi connectivity index (χ2v) is 10.2. The second kappa shape index (κ2) is 9.24. The number of ether oxygens (including phenoxy) is 1. The Balaban J connectivity index is 1.45. The van der Waals surface area contributed by atoms with Crippen LogP contribution in [0.5, 0.6) is 0 Å². The molecule has 3 aromatic heterocycles. The molecule has 4 aromatic rings. The van der Waals surface area contributed by atoms with E-state index < -0.39 is 0 Å². The van der Waals surface area contributed by atoms with E-state index in [-0.39, 0.29) is 23.3 Å². The third kappa shape index (κ3) is 4.53. The molecule has 1 saturated heterocycles. The van der Waals surface area contributed by atoms with Gasteiger partial charge in [0.1, 0.15) is 9.53 Å². The Hall–Kier alpha value is -2.75. The van der Waals surface area contributed by atoms with Crippen molar-refractivity contribution >= 4 is 55.1 Å². The number of amides is 1. The third-order valence-electron chi connectivity index (χ3n) is 5.85. The van der Waals surface area contributed by atoms with E-state index in [1.165, 1.54) is 28.7 Å². The number of aromatic nitrogens is 3. The Kier molecular flexibility index (Phi) is 6.18. The van der Waals surface area contributed by atoms with E-state index in [2.05, 4.69) is 10.3 Å². The third-order valence-corrected chi connectivity index (χ3v) is 7.92. The van der Waals surface area contributed by atoms with Crippen molar-refractivity contribution in [3.63, 3.8) is 0 Å². The van der Waals surface area contributed by atoms with Crippen LogP contribution in [0.25, 0.3) is 20.4 Å². The van der Waals surface area contributed by atoms with Crippen LogP contribution in [0.4, 0.5) is 5.69 Å². The largest absolute Gasteiger partial charge is 0.376 e. The first-order valence-corrected chi connectivity index (χ1v) is 12.7. The Morgan fingerprint density at radius 3 is 2.97 bits per heavy atom. The molecular weight excluding hydrogens is 456 g/mol. The van der Waals surface area contributed by atoms with Gasteiger partial charge in [0, 0.05) is 23.9 Å². The van der Waals surface area contributed by atoms with Gasteiger partial charge in [-0.3, -0.25) is 14.2 Å². The van der Waals surface area contributed by atoms with Gasteiger partial charge in [-0.1, -0.05) is 17.8 Å². The topological polar surface area (TPSA) is 86.1 Å². The van der Waals surface area contributed by atoms with Crippen molar-refractivity contribution in [2.45, 2.75) is 44.5 Å². The molecule has 1 aliphatic heterocycles. The minimum atomic E-state index is -0.141. The van der Waals surface area contributed by atoms with Gasteiger partial charge in [0.15, 0.2) is 5.16 Å². The lowest BCUT2D eigenvalue weighted by molar-refractivity contribution is -0.113. The minimum absolute atomic E-state index is 0.0156. The van der Waals surface area contributed by atoms with E-state index in [0.29, 0.717) is 28.5 Å². The van der Waals surface area contributed by atoms with Crippen molar-refractivity contribution in [2.24, 2.45) is 0 Å². The molecule has 1 amide bonds. The molecule has 0 bridgehead atoms. The van der Waals surface area contributed by atoms with Crippen molar-refractivity contribution in [1.82, 2.24) is 14.5 Å². The summed E-state index contributed by atoms with van der Waals surface area (Å²) in [5.41, 5.74) is 3.61. The molecule has 170 valence electrons. The molecule has 0 aliphatic carbocycles. The van der Waals surface area contributed by atoms with Crippen LogP contribution in [-0.4, -0.2) is 38.9 Å². The van der Waals surface area contributed by atoms with E-state index in [0.717, 1.165) is 34.3 Å². The highest BCUT2D eigenvalue weighted by atomic mass is 32.2. The van der Waals surface area contributed by atoms with E-state index in [1.54, 1.807) is 10.8 Å². The Bertz CT molecular complexity index is 1410. The van der Waals surface area contributed by atoms with Gasteiger partial charge in [-0.25, -0.2) is 9.97 Å². The monoisotopic (exact) mass is 480 g/mol. The molecule has 4 heterocycles. The number of nitrogens with one attached hydrogen (secondary N) is 1. The number of fused-ring (bicyclic) bond motifs is 3. The molecule has 0 spiro atoms. The van der Waals surface area contributed by atoms with Crippen molar-refractivity contribution in [1.29, 1.82) is 0 Å². The lowest BCUT2D eigenvalue weighted by Crippen LogP contribution is -2.28. The molecule has 5 rings (SSSR count). The number of carbonyl (C=O) groups is 1. The average Bonchev–Trinajstić information content (AvgIpc) is 3.45. The normalized spacial score (nSPS) is 16.0. The Labute approximate surface area is 199 Å². The summed E-state index contributed by atoms with van der Waals surface area (Å²) in [6.45, 7) is 5.20. The number of hydrogen-bond donors (Lipinski definition) is 1. The molecule has 1 atom stereocenters. The van der Waals surface area contributed by atoms with Gasteiger partial charge in [-0.2, -0.15) is 0 Å². The van der Waals surface area contributed by atoms with Crippen LogP contribution in [0, 0.1) is 13.8 Å². The Morgan fingerprint density at radius 2 is 2.18 bits per heavy atom. The highest BCUT2D eigenvalue weighted by molar-refractivity contribution is 7.99. The van der Waals surface area contributed by atoms with Gasteiger partial charge in [0.2, 0.25) is 5.91 Å². The van der Waals surface area contributed by atoms with Gasteiger partial charge in [0.25, 0.3) is 5.56 Å². The maximum Gasteiger partial charge on any atom is 0.272 e. The van der Waals surface area contributed by atoms with Crippen molar-refractivity contribution in [3.05, 3.63) is 58.0 Å². The first kappa shape index (κ1) is 22.1. The maximum absolute atomic E-state index is 13.4. The van der Waals surface area contributed by atoms with Crippen molar-refractivity contribution in [2.75, 3.05) is 17.7 Å². The number of anilines is 1. The minimum Gasteiger partial charge on any atom is -0.376 e. The summed E-state index contributed by atoms with van der Waals surface area (Å²) >= 11 is 2.64. The van der Waals surface area contributed by atoms with Gasteiger partial charge in [-0.15, -0.1) is 11.3 Å². The molecule has 7 nitrogen and oxygen atoms in total. The smallest absolute Gasteiger partial charge is 0.272 e. The second-order valence-electron chi connectivity index (χ2n) is 8.22. The number of nitrogens with zero attached hydrogens (tertiary/aromatic N) is 3. The van der Waals surface area contributed by atoms with Crippen molar-refractivity contribution in [3.8, 4) is 0 Å². The van der Waals surface area contributed by atoms with Crippen LogP contribution in [0.15, 0.2) is 46.5 Å². The van der Waals surface area contributed by atoms with E-state index >= 15 is 0 Å². The van der Waals surface area contributed by atoms with E-state index in [4.69, 9.17) is 9.72 Å². The number of hydrogen-bond acceptors (Lipinski definition) is 7. The quantitative estimate of drug-likeness (QED) is 0.322. The number of thioether (sulfide) groups is 1. The zero-order valence-corrected chi connectivity index (χ0v) is 20.1. The first-order valence-electron chi connectivity index (χ1n) is 10.9. The highest BCUT2D eigenvalue weighted by Crippen LogP contribution is 2.31. The first-order chi connectivity index (χ1) is 16.0. The molecule has 1 N–H and O–H groups in total. The fourth-order valence-electron chi connectivity index (χ4n) is 3.95. The predicted octanol–water partition coefficient (Wildman–Crippen LogP) is 4.53. The number of carbonyl (C=O) groups excluding carboxylic acids is 1. The number of aryl methyl sites for hydroxylation is 2. The van der Waals surface area contributed by atoms with Gasteiger partial charge in [0.05, 0.1) is 23.9 Å². The summed E-state index contributed by atoms with van der Waals surface area (Å²) < 4.78 is 8.04. The summed E-state index contributed by atoms with van der Waals surface area (Å²) in [5, 5.41) is 4.33. The molecular formula is C24H24N4O3S2. The van der Waals surface area contributed by atoms with Crippen LogP contribution in [0.1, 0.15) is 24.0 Å². The van der Waals surface area contributed by atoms with Gasteiger partial charge < -0.3 is 10.1 Å².